The van der Waals surface area contributed by atoms with Crippen molar-refractivity contribution in [3.05, 3.63) is 69.7 Å². The molecule has 2 nitrogen and oxygen atoms in total. The van der Waals surface area contributed by atoms with Gasteiger partial charge in [0, 0.05) is 43.3 Å². The monoisotopic (exact) mass is 532 g/mol. The molecule has 4 rings (SSSR count). The van der Waals surface area contributed by atoms with Gasteiger partial charge in [0.2, 0.25) is 0 Å². The molecule has 0 bridgehead atoms. The maximum atomic E-state index is 13.3. The van der Waals surface area contributed by atoms with Gasteiger partial charge in [-0.1, -0.05) is 43.0 Å². The summed E-state index contributed by atoms with van der Waals surface area (Å²) < 4.78 is 80.0. The van der Waals surface area contributed by atoms with Crippen molar-refractivity contribution in [2.75, 3.05) is 26.2 Å². The molecule has 0 aromatic heterocycles. The van der Waals surface area contributed by atoms with E-state index in [0.29, 0.717) is 17.5 Å². The van der Waals surface area contributed by atoms with E-state index in [1.54, 1.807) is 12.1 Å². The molecule has 2 aromatic carbocycles. The first-order chi connectivity index (χ1) is 17.0. The Kier molecular flexibility index (Phi) is 8.57. The third-order valence-electron chi connectivity index (χ3n) is 7.49. The lowest BCUT2D eigenvalue weighted by atomic mass is 9.93. The van der Waals surface area contributed by atoms with Crippen LogP contribution in [0.15, 0.2) is 42.5 Å². The van der Waals surface area contributed by atoms with Gasteiger partial charge in [0.1, 0.15) is 0 Å². The van der Waals surface area contributed by atoms with Crippen LogP contribution in [0.3, 0.4) is 0 Å². The molecule has 198 valence electrons. The first-order valence-corrected chi connectivity index (χ1v) is 12.9. The Morgan fingerprint density at radius 1 is 0.778 bits per heavy atom. The van der Waals surface area contributed by atoms with Crippen molar-refractivity contribution in [2.24, 2.45) is 0 Å². The molecule has 1 atom stereocenters. The standard InChI is InChI=1S/C27H31ClF6N2/c28-23-9-7-20(8-10-23)25(36-14-12-35(13-15-36)24-4-2-1-3-5-24)11-6-19-16-21(26(29,30)31)18-22(17-19)27(32,33)34/h7-10,16-18,24-25H,1-6,11-15H2. The summed E-state index contributed by atoms with van der Waals surface area (Å²) in [6.45, 7) is 3.44. The van der Waals surface area contributed by atoms with Crippen LogP contribution in [0, 0.1) is 0 Å². The van der Waals surface area contributed by atoms with Crippen molar-refractivity contribution in [1.82, 2.24) is 9.80 Å². The molecular formula is C27H31ClF6N2. The van der Waals surface area contributed by atoms with Crippen LogP contribution in [-0.2, 0) is 18.8 Å². The molecule has 1 unspecified atom stereocenters. The molecular weight excluding hydrogens is 502 g/mol. The van der Waals surface area contributed by atoms with Gasteiger partial charge in [0.05, 0.1) is 11.1 Å². The molecule has 0 spiro atoms. The van der Waals surface area contributed by atoms with Gasteiger partial charge < -0.3 is 0 Å². The molecule has 9 heteroatoms. The van der Waals surface area contributed by atoms with E-state index in [4.69, 9.17) is 11.6 Å². The number of alkyl halides is 6. The second kappa shape index (κ2) is 11.3. The van der Waals surface area contributed by atoms with Crippen LogP contribution >= 0.6 is 11.6 Å². The maximum absolute atomic E-state index is 13.3. The summed E-state index contributed by atoms with van der Waals surface area (Å²) in [4.78, 5) is 4.85. The molecule has 2 fully saturated rings. The zero-order chi connectivity index (χ0) is 25.9. The molecule has 2 aromatic rings. The van der Waals surface area contributed by atoms with Gasteiger partial charge in [-0.15, -0.1) is 0 Å². The Balaban J connectivity index is 1.52. The summed E-state index contributed by atoms with van der Waals surface area (Å²) in [5.41, 5.74) is -1.53. The fourth-order valence-corrected chi connectivity index (χ4v) is 5.70. The van der Waals surface area contributed by atoms with E-state index in [0.717, 1.165) is 43.9 Å². The van der Waals surface area contributed by atoms with Gasteiger partial charge in [-0.05, 0) is 67.1 Å². The quantitative estimate of drug-likeness (QED) is 0.348. The fraction of sp³-hybridized carbons (Fsp3) is 0.556. The van der Waals surface area contributed by atoms with Gasteiger partial charge in [-0.2, -0.15) is 26.3 Å². The number of aryl methyl sites for hydroxylation is 1. The van der Waals surface area contributed by atoms with Crippen LogP contribution in [0.2, 0.25) is 5.02 Å². The van der Waals surface area contributed by atoms with Gasteiger partial charge in [0.15, 0.2) is 0 Å². The third kappa shape index (κ3) is 6.95. The number of nitrogens with zero attached hydrogens (tertiary/aromatic N) is 2. The number of piperazine rings is 1. The first kappa shape index (κ1) is 27.3. The Labute approximate surface area is 213 Å². The minimum absolute atomic E-state index is 0.0388. The molecule has 36 heavy (non-hydrogen) atoms. The second-order valence-electron chi connectivity index (χ2n) is 9.88. The first-order valence-electron chi connectivity index (χ1n) is 12.5. The maximum Gasteiger partial charge on any atom is 0.416 e. The van der Waals surface area contributed by atoms with E-state index in [-0.39, 0.29) is 24.1 Å². The number of halogens is 7. The minimum Gasteiger partial charge on any atom is -0.298 e. The van der Waals surface area contributed by atoms with Crippen LogP contribution < -0.4 is 0 Å². The zero-order valence-corrected chi connectivity index (χ0v) is 20.8. The molecule has 1 aliphatic carbocycles. The molecule has 0 amide bonds. The van der Waals surface area contributed by atoms with Crippen molar-refractivity contribution in [1.29, 1.82) is 0 Å². The van der Waals surface area contributed by atoms with Gasteiger partial charge >= 0.3 is 12.4 Å². The molecule has 1 saturated heterocycles. The average molecular weight is 533 g/mol. The Hall–Kier alpha value is -1.77. The summed E-state index contributed by atoms with van der Waals surface area (Å²) in [6.07, 6.45) is -2.94. The lowest BCUT2D eigenvalue weighted by Gasteiger charge is -2.43. The number of benzene rings is 2. The van der Waals surface area contributed by atoms with Crippen molar-refractivity contribution >= 4 is 11.6 Å². The summed E-state index contributed by atoms with van der Waals surface area (Å²) >= 11 is 6.07. The van der Waals surface area contributed by atoms with Crippen LogP contribution in [0.1, 0.15) is 66.8 Å². The highest BCUT2D eigenvalue weighted by Crippen LogP contribution is 2.37. The fourth-order valence-electron chi connectivity index (χ4n) is 5.57. The van der Waals surface area contributed by atoms with E-state index in [9.17, 15) is 26.3 Å². The van der Waals surface area contributed by atoms with Crippen molar-refractivity contribution < 1.29 is 26.3 Å². The molecule has 0 radical (unpaired) electrons. The smallest absolute Gasteiger partial charge is 0.298 e. The van der Waals surface area contributed by atoms with E-state index in [1.807, 2.05) is 12.1 Å². The lowest BCUT2D eigenvalue weighted by molar-refractivity contribution is -0.143. The van der Waals surface area contributed by atoms with E-state index in [1.165, 1.54) is 32.1 Å². The largest absolute Gasteiger partial charge is 0.416 e. The Morgan fingerprint density at radius 3 is 1.86 bits per heavy atom. The summed E-state index contributed by atoms with van der Waals surface area (Å²) in [7, 11) is 0. The van der Waals surface area contributed by atoms with E-state index >= 15 is 0 Å². The summed E-state index contributed by atoms with van der Waals surface area (Å²) in [5, 5.41) is 0.576. The highest BCUT2D eigenvalue weighted by molar-refractivity contribution is 6.30. The van der Waals surface area contributed by atoms with Crippen LogP contribution in [0.5, 0.6) is 0 Å². The number of hydrogen-bond donors (Lipinski definition) is 0. The SMILES string of the molecule is FC(F)(F)c1cc(CCC(c2ccc(Cl)cc2)N2CCN(C3CCCCC3)CC2)cc(C(F)(F)F)c1. The topological polar surface area (TPSA) is 6.48 Å². The third-order valence-corrected chi connectivity index (χ3v) is 7.74. The van der Waals surface area contributed by atoms with Gasteiger partial charge in [0.25, 0.3) is 0 Å². The van der Waals surface area contributed by atoms with Crippen molar-refractivity contribution in [3.63, 3.8) is 0 Å². The van der Waals surface area contributed by atoms with E-state index in [2.05, 4.69) is 9.80 Å². The number of hydrogen-bond acceptors (Lipinski definition) is 2. The highest BCUT2D eigenvalue weighted by atomic mass is 35.5. The minimum atomic E-state index is -4.85. The van der Waals surface area contributed by atoms with Crippen LogP contribution in [0.4, 0.5) is 26.3 Å². The lowest BCUT2D eigenvalue weighted by Crippen LogP contribution is -2.51. The second-order valence-corrected chi connectivity index (χ2v) is 10.3. The van der Waals surface area contributed by atoms with Crippen LogP contribution in [-0.4, -0.2) is 42.0 Å². The Bertz CT molecular complexity index is 959. The Morgan fingerprint density at radius 2 is 1.33 bits per heavy atom. The van der Waals surface area contributed by atoms with E-state index < -0.39 is 23.5 Å². The van der Waals surface area contributed by atoms with Gasteiger partial charge in [-0.25, -0.2) is 0 Å². The van der Waals surface area contributed by atoms with Crippen LogP contribution in [0.25, 0.3) is 0 Å². The highest BCUT2D eigenvalue weighted by Gasteiger charge is 2.37. The predicted octanol–water partition coefficient (Wildman–Crippen LogP) is 8.00. The van der Waals surface area contributed by atoms with Crippen molar-refractivity contribution in [2.45, 2.75) is 69.4 Å². The summed E-state index contributed by atoms with van der Waals surface area (Å²) in [5.74, 6) is 0. The molecule has 1 saturated carbocycles. The summed E-state index contributed by atoms with van der Waals surface area (Å²) in [6, 6.07) is 9.69. The molecule has 0 N–H and O–H groups in total. The molecule has 2 aliphatic rings. The molecule has 1 heterocycles. The number of rotatable bonds is 6. The zero-order valence-electron chi connectivity index (χ0n) is 20.0. The predicted molar refractivity (Wildman–Crippen MR) is 129 cm³/mol. The van der Waals surface area contributed by atoms with Crippen molar-refractivity contribution in [3.8, 4) is 0 Å². The normalized spacial score (nSPS) is 20.0. The molecule has 1 aliphatic heterocycles. The van der Waals surface area contributed by atoms with Gasteiger partial charge in [-0.3, -0.25) is 9.80 Å². The average Bonchev–Trinajstić information content (AvgIpc) is 2.85.